The second-order valence-corrected chi connectivity index (χ2v) is 8.12. The molecule has 1 heterocycles. The van der Waals surface area contributed by atoms with E-state index >= 15 is 0 Å². The molecular formula is C12H19N3O4S2. The molecule has 21 heavy (non-hydrogen) atoms. The zero-order valence-electron chi connectivity index (χ0n) is 11.8. The van der Waals surface area contributed by atoms with E-state index in [1.165, 1.54) is 0 Å². The molecule has 1 saturated carbocycles. The number of rotatable bonds is 7. The summed E-state index contributed by atoms with van der Waals surface area (Å²) >= 11 is 0.899. The molecule has 0 spiro atoms. The van der Waals surface area contributed by atoms with Crippen molar-refractivity contribution < 1.29 is 13.3 Å². The van der Waals surface area contributed by atoms with Crippen molar-refractivity contribution in [3.63, 3.8) is 0 Å². The van der Waals surface area contributed by atoms with Crippen LogP contribution in [0.2, 0.25) is 0 Å². The largest absolute Gasteiger partial charge is 0.372 e. The standard InChI is InChI=1S/C12H19N3O4S2/c1-2-13-12-10(15(16)17)7-11(20-12)21(18,19)14-8-9-5-3-4-6-9/h7,9,13-14H,2-6,8H2,1H3. The minimum atomic E-state index is -3.68. The Bertz CT molecular complexity index is 606. The van der Waals surface area contributed by atoms with Gasteiger partial charge in [-0.15, -0.1) is 0 Å². The van der Waals surface area contributed by atoms with E-state index in [9.17, 15) is 18.5 Å². The van der Waals surface area contributed by atoms with E-state index in [4.69, 9.17) is 0 Å². The summed E-state index contributed by atoms with van der Waals surface area (Å²) in [5, 5.41) is 14.1. The van der Waals surface area contributed by atoms with Crippen LogP contribution in [0.4, 0.5) is 10.7 Å². The Morgan fingerprint density at radius 2 is 2.10 bits per heavy atom. The number of thiophene rings is 1. The molecule has 9 heteroatoms. The zero-order chi connectivity index (χ0) is 15.5. The molecule has 1 fully saturated rings. The zero-order valence-corrected chi connectivity index (χ0v) is 13.4. The molecule has 0 aliphatic heterocycles. The smallest absolute Gasteiger partial charge is 0.304 e. The SMILES string of the molecule is CCNc1sc(S(=O)(=O)NCC2CCCC2)cc1[N+](=O)[O-]. The molecule has 0 amide bonds. The molecular weight excluding hydrogens is 314 g/mol. The van der Waals surface area contributed by atoms with Gasteiger partial charge in [0.15, 0.2) is 5.00 Å². The van der Waals surface area contributed by atoms with Crippen molar-refractivity contribution in [1.29, 1.82) is 0 Å². The summed E-state index contributed by atoms with van der Waals surface area (Å²) in [5.41, 5.74) is -0.192. The van der Waals surface area contributed by atoms with Crippen molar-refractivity contribution in [3.05, 3.63) is 16.2 Å². The summed E-state index contributed by atoms with van der Waals surface area (Å²) in [6.45, 7) is 2.71. The van der Waals surface area contributed by atoms with Crippen molar-refractivity contribution in [2.75, 3.05) is 18.4 Å². The molecule has 7 nitrogen and oxygen atoms in total. The number of sulfonamides is 1. The van der Waals surface area contributed by atoms with Crippen LogP contribution in [0.3, 0.4) is 0 Å². The van der Waals surface area contributed by atoms with Crippen LogP contribution in [0.1, 0.15) is 32.6 Å². The van der Waals surface area contributed by atoms with E-state index in [1.807, 2.05) is 0 Å². The van der Waals surface area contributed by atoms with Crippen LogP contribution in [0.25, 0.3) is 0 Å². The van der Waals surface area contributed by atoms with Crippen LogP contribution in [-0.4, -0.2) is 26.4 Å². The summed E-state index contributed by atoms with van der Waals surface area (Å²) in [7, 11) is -3.68. The first-order valence-corrected chi connectivity index (χ1v) is 9.25. The first-order chi connectivity index (χ1) is 9.94. The summed E-state index contributed by atoms with van der Waals surface area (Å²) in [4.78, 5) is 10.4. The fraction of sp³-hybridized carbons (Fsp3) is 0.667. The van der Waals surface area contributed by atoms with E-state index in [2.05, 4.69) is 10.0 Å². The number of hydrogen-bond acceptors (Lipinski definition) is 6. The lowest BCUT2D eigenvalue weighted by atomic mass is 10.1. The Morgan fingerprint density at radius 3 is 2.67 bits per heavy atom. The van der Waals surface area contributed by atoms with Crippen LogP contribution >= 0.6 is 11.3 Å². The van der Waals surface area contributed by atoms with Crippen LogP contribution in [-0.2, 0) is 10.0 Å². The average molecular weight is 333 g/mol. The van der Waals surface area contributed by atoms with Gasteiger partial charge in [0.25, 0.3) is 0 Å². The average Bonchev–Trinajstić information content (AvgIpc) is 3.06. The Morgan fingerprint density at radius 1 is 1.43 bits per heavy atom. The summed E-state index contributed by atoms with van der Waals surface area (Å²) in [6, 6.07) is 1.12. The number of nitro groups is 1. The van der Waals surface area contributed by atoms with Gasteiger partial charge in [-0.1, -0.05) is 24.2 Å². The van der Waals surface area contributed by atoms with E-state index in [0.29, 0.717) is 19.0 Å². The summed E-state index contributed by atoms with van der Waals surface area (Å²) < 4.78 is 27.0. The first kappa shape index (κ1) is 16.2. The molecule has 1 aromatic heterocycles. The fourth-order valence-corrected chi connectivity index (χ4v) is 4.98. The van der Waals surface area contributed by atoms with E-state index in [1.54, 1.807) is 6.92 Å². The number of nitrogens with zero attached hydrogens (tertiary/aromatic N) is 1. The second-order valence-electron chi connectivity index (χ2n) is 5.07. The lowest BCUT2D eigenvalue weighted by Gasteiger charge is -2.09. The topological polar surface area (TPSA) is 101 Å². The molecule has 0 unspecified atom stereocenters. The lowest BCUT2D eigenvalue weighted by molar-refractivity contribution is -0.383. The molecule has 0 radical (unpaired) electrons. The Hall–Kier alpha value is -1.19. The minimum Gasteiger partial charge on any atom is -0.372 e. The van der Waals surface area contributed by atoms with Crippen LogP contribution < -0.4 is 10.0 Å². The molecule has 0 saturated heterocycles. The molecule has 1 aliphatic rings. The number of anilines is 1. The van der Waals surface area contributed by atoms with Crippen molar-refractivity contribution in [2.45, 2.75) is 36.8 Å². The molecule has 0 bridgehead atoms. The third-order valence-electron chi connectivity index (χ3n) is 3.53. The highest BCUT2D eigenvalue weighted by Gasteiger charge is 2.27. The Kier molecular flexibility index (Phi) is 5.17. The van der Waals surface area contributed by atoms with E-state index in [-0.39, 0.29) is 14.9 Å². The Balaban J connectivity index is 2.14. The molecule has 2 rings (SSSR count). The van der Waals surface area contributed by atoms with E-state index < -0.39 is 14.9 Å². The predicted octanol–water partition coefficient (Wildman–Crippen LogP) is 2.56. The molecule has 1 aliphatic carbocycles. The maximum Gasteiger partial charge on any atom is 0.304 e. The van der Waals surface area contributed by atoms with Gasteiger partial charge in [0.2, 0.25) is 10.0 Å². The van der Waals surface area contributed by atoms with Crippen LogP contribution in [0, 0.1) is 16.0 Å². The van der Waals surface area contributed by atoms with Gasteiger partial charge in [0, 0.05) is 19.2 Å². The summed E-state index contributed by atoms with van der Waals surface area (Å²) in [5.74, 6) is 0.378. The molecule has 0 atom stereocenters. The first-order valence-electron chi connectivity index (χ1n) is 6.95. The van der Waals surface area contributed by atoms with Gasteiger partial charge in [-0.05, 0) is 25.7 Å². The highest BCUT2D eigenvalue weighted by atomic mass is 32.2. The molecule has 2 N–H and O–H groups in total. The predicted molar refractivity (Wildman–Crippen MR) is 82.3 cm³/mol. The van der Waals surface area contributed by atoms with Crippen LogP contribution in [0.5, 0.6) is 0 Å². The summed E-state index contributed by atoms with van der Waals surface area (Å²) in [6.07, 6.45) is 4.36. The van der Waals surface area contributed by atoms with E-state index in [0.717, 1.165) is 43.1 Å². The molecule has 0 aromatic carbocycles. The van der Waals surface area contributed by atoms with Crippen LogP contribution in [0.15, 0.2) is 10.3 Å². The maximum atomic E-state index is 12.2. The lowest BCUT2D eigenvalue weighted by Crippen LogP contribution is -2.27. The maximum absolute atomic E-state index is 12.2. The highest BCUT2D eigenvalue weighted by molar-refractivity contribution is 7.91. The van der Waals surface area contributed by atoms with Crippen molar-refractivity contribution >= 4 is 32.0 Å². The normalized spacial score (nSPS) is 16.2. The van der Waals surface area contributed by atoms with Gasteiger partial charge in [-0.25, -0.2) is 13.1 Å². The van der Waals surface area contributed by atoms with Crippen molar-refractivity contribution in [1.82, 2.24) is 4.72 Å². The molecule has 1 aromatic rings. The number of nitrogens with one attached hydrogen (secondary N) is 2. The van der Waals surface area contributed by atoms with Gasteiger partial charge in [0.1, 0.15) is 4.21 Å². The van der Waals surface area contributed by atoms with Gasteiger partial charge < -0.3 is 5.32 Å². The number of hydrogen-bond donors (Lipinski definition) is 2. The van der Waals surface area contributed by atoms with Crippen molar-refractivity contribution in [2.24, 2.45) is 5.92 Å². The van der Waals surface area contributed by atoms with Gasteiger partial charge in [-0.2, -0.15) is 0 Å². The van der Waals surface area contributed by atoms with Gasteiger partial charge in [-0.3, -0.25) is 10.1 Å². The highest BCUT2D eigenvalue weighted by Crippen LogP contribution is 2.37. The molecule has 118 valence electrons. The van der Waals surface area contributed by atoms with Gasteiger partial charge >= 0.3 is 5.69 Å². The Labute approximate surface area is 127 Å². The quantitative estimate of drug-likeness (QED) is 0.590. The van der Waals surface area contributed by atoms with Gasteiger partial charge in [0.05, 0.1) is 4.92 Å². The third-order valence-corrected chi connectivity index (χ3v) is 6.50. The second kappa shape index (κ2) is 6.71. The van der Waals surface area contributed by atoms with Crippen molar-refractivity contribution in [3.8, 4) is 0 Å². The third kappa shape index (κ3) is 3.92. The fourth-order valence-electron chi connectivity index (χ4n) is 2.43. The minimum absolute atomic E-state index is 0.0110. The monoisotopic (exact) mass is 333 g/mol.